The third kappa shape index (κ3) is 6.04. The van der Waals surface area contributed by atoms with Crippen molar-refractivity contribution in [1.82, 2.24) is 15.3 Å². The molecule has 0 saturated carbocycles. The quantitative estimate of drug-likeness (QED) is 0.715. The van der Waals surface area contributed by atoms with Gasteiger partial charge in [-0.1, -0.05) is 49.2 Å². The molecule has 0 radical (unpaired) electrons. The van der Waals surface area contributed by atoms with Crippen molar-refractivity contribution in [2.45, 2.75) is 39.3 Å². The van der Waals surface area contributed by atoms with Gasteiger partial charge in [0, 0.05) is 19.0 Å². The van der Waals surface area contributed by atoms with Crippen LogP contribution in [-0.2, 0) is 17.9 Å². The SMILES string of the molecule is CCCCC(=O)NCc1ccc(COc2cc(Cl)nc(N)n2)cc1. The minimum absolute atomic E-state index is 0.0756. The number of nitrogens with zero attached hydrogens (tertiary/aromatic N) is 2. The number of carbonyl (C=O) groups is 1. The zero-order valence-electron chi connectivity index (χ0n) is 13.6. The Bertz CT molecular complexity index is 657. The molecule has 2 rings (SSSR count). The minimum Gasteiger partial charge on any atom is -0.473 e. The monoisotopic (exact) mass is 348 g/mol. The molecule has 0 aliphatic heterocycles. The van der Waals surface area contributed by atoms with Crippen LogP contribution in [0.25, 0.3) is 0 Å². The van der Waals surface area contributed by atoms with Crippen LogP contribution < -0.4 is 15.8 Å². The molecule has 2 aromatic rings. The van der Waals surface area contributed by atoms with Crippen LogP contribution >= 0.6 is 11.6 Å². The van der Waals surface area contributed by atoms with Crippen molar-refractivity contribution in [2.75, 3.05) is 5.73 Å². The molecule has 0 aliphatic rings. The van der Waals surface area contributed by atoms with E-state index in [1.165, 1.54) is 6.07 Å². The van der Waals surface area contributed by atoms with Crippen molar-refractivity contribution >= 4 is 23.5 Å². The third-order valence-corrected chi connectivity index (χ3v) is 3.54. The first-order valence-corrected chi connectivity index (χ1v) is 8.22. The highest BCUT2D eigenvalue weighted by molar-refractivity contribution is 6.29. The number of rotatable bonds is 8. The molecule has 24 heavy (non-hydrogen) atoms. The molecule has 0 aliphatic carbocycles. The summed E-state index contributed by atoms with van der Waals surface area (Å²) in [7, 11) is 0. The van der Waals surface area contributed by atoms with Crippen molar-refractivity contribution in [1.29, 1.82) is 0 Å². The van der Waals surface area contributed by atoms with E-state index >= 15 is 0 Å². The Labute approximate surface area is 146 Å². The lowest BCUT2D eigenvalue weighted by atomic mass is 10.1. The summed E-state index contributed by atoms with van der Waals surface area (Å²) in [6, 6.07) is 9.32. The summed E-state index contributed by atoms with van der Waals surface area (Å²) in [6.45, 7) is 2.94. The van der Waals surface area contributed by atoms with Crippen molar-refractivity contribution in [2.24, 2.45) is 0 Å². The maximum Gasteiger partial charge on any atom is 0.224 e. The lowest BCUT2D eigenvalue weighted by Gasteiger charge is -2.08. The van der Waals surface area contributed by atoms with E-state index < -0.39 is 0 Å². The third-order valence-electron chi connectivity index (χ3n) is 3.35. The lowest BCUT2D eigenvalue weighted by molar-refractivity contribution is -0.121. The summed E-state index contributed by atoms with van der Waals surface area (Å²) < 4.78 is 5.55. The van der Waals surface area contributed by atoms with E-state index in [1.807, 2.05) is 24.3 Å². The zero-order valence-corrected chi connectivity index (χ0v) is 14.3. The highest BCUT2D eigenvalue weighted by Crippen LogP contribution is 2.16. The van der Waals surface area contributed by atoms with Crippen molar-refractivity contribution < 1.29 is 9.53 Å². The van der Waals surface area contributed by atoms with Gasteiger partial charge in [0.2, 0.25) is 17.7 Å². The summed E-state index contributed by atoms with van der Waals surface area (Å²) in [6.07, 6.45) is 2.51. The predicted molar refractivity (Wildman–Crippen MR) is 93.6 cm³/mol. The number of nitrogens with one attached hydrogen (secondary N) is 1. The highest BCUT2D eigenvalue weighted by atomic mass is 35.5. The first-order chi connectivity index (χ1) is 11.6. The summed E-state index contributed by atoms with van der Waals surface area (Å²) in [5.74, 6) is 0.494. The van der Waals surface area contributed by atoms with E-state index in [4.69, 9.17) is 22.1 Å². The number of halogens is 1. The number of carbonyl (C=O) groups excluding carboxylic acids is 1. The Morgan fingerprint density at radius 1 is 1.25 bits per heavy atom. The number of unbranched alkanes of at least 4 members (excludes halogenated alkanes) is 1. The zero-order chi connectivity index (χ0) is 17.4. The van der Waals surface area contributed by atoms with Gasteiger partial charge >= 0.3 is 0 Å². The van der Waals surface area contributed by atoms with E-state index in [0.29, 0.717) is 25.5 Å². The summed E-state index contributed by atoms with van der Waals surface area (Å²) in [5.41, 5.74) is 7.53. The Hall–Kier alpha value is -2.34. The normalized spacial score (nSPS) is 10.4. The van der Waals surface area contributed by atoms with Crippen LogP contribution in [0.2, 0.25) is 5.15 Å². The maximum absolute atomic E-state index is 11.6. The van der Waals surface area contributed by atoms with E-state index in [-0.39, 0.29) is 17.0 Å². The maximum atomic E-state index is 11.6. The second kappa shape index (κ2) is 9.08. The molecule has 6 nitrogen and oxygen atoms in total. The van der Waals surface area contributed by atoms with E-state index in [0.717, 1.165) is 24.0 Å². The second-order valence-electron chi connectivity index (χ2n) is 5.37. The second-order valence-corrected chi connectivity index (χ2v) is 5.76. The number of benzene rings is 1. The van der Waals surface area contributed by atoms with Gasteiger partial charge in [-0.3, -0.25) is 4.79 Å². The van der Waals surface area contributed by atoms with Gasteiger partial charge in [-0.25, -0.2) is 4.98 Å². The highest BCUT2D eigenvalue weighted by Gasteiger charge is 2.03. The number of amides is 1. The number of hydrogen-bond acceptors (Lipinski definition) is 5. The van der Waals surface area contributed by atoms with Gasteiger partial charge in [0.15, 0.2) is 0 Å². The molecule has 1 aromatic heterocycles. The molecule has 1 aromatic carbocycles. The minimum atomic E-state index is 0.0756. The lowest BCUT2D eigenvalue weighted by Crippen LogP contribution is -2.22. The Balaban J connectivity index is 1.82. The van der Waals surface area contributed by atoms with Crippen molar-refractivity contribution in [3.63, 3.8) is 0 Å². The van der Waals surface area contributed by atoms with E-state index in [9.17, 15) is 4.79 Å². The molecule has 0 saturated heterocycles. The van der Waals surface area contributed by atoms with Crippen LogP contribution in [0.5, 0.6) is 5.88 Å². The van der Waals surface area contributed by atoms with Gasteiger partial charge in [0.1, 0.15) is 11.8 Å². The molecule has 0 unspecified atom stereocenters. The number of hydrogen-bond donors (Lipinski definition) is 2. The fourth-order valence-electron chi connectivity index (χ4n) is 2.02. The molecule has 3 N–H and O–H groups in total. The van der Waals surface area contributed by atoms with Gasteiger partial charge in [-0.15, -0.1) is 0 Å². The van der Waals surface area contributed by atoms with E-state index in [2.05, 4.69) is 22.2 Å². The summed E-state index contributed by atoms with van der Waals surface area (Å²) >= 11 is 5.80. The molecule has 128 valence electrons. The molecule has 1 heterocycles. The average Bonchev–Trinajstić information content (AvgIpc) is 2.56. The smallest absolute Gasteiger partial charge is 0.224 e. The largest absolute Gasteiger partial charge is 0.473 e. The van der Waals surface area contributed by atoms with Crippen molar-refractivity contribution in [3.8, 4) is 5.88 Å². The number of aromatic nitrogens is 2. The molecule has 7 heteroatoms. The number of nitrogen functional groups attached to an aromatic ring is 1. The van der Waals surface area contributed by atoms with Gasteiger partial charge in [-0.2, -0.15) is 4.98 Å². The predicted octanol–water partition coefficient (Wildman–Crippen LogP) is 3.10. The molecule has 1 amide bonds. The Morgan fingerprint density at radius 3 is 2.62 bits per heavy atom. The Kier molecular flexibility index (Phi) is 6.81. The number of anilines is 1. The summed E-state index contributed by atoms with van der Waals surface area (Å²) in [4.78, 5) is 19.3. The topological polar surface area (TPSA) is 90.1 Å². The summed E-state index contributed by atoms with van der Waals surface area (Å²) in [5, 5.41) is 3.15. The molecule has 0 bridgehead atoms. The molecule has 0 atom stereocenters. The molecule has 0 fully saturated rings. The van der Waals surface area contributed by atoms with Gasteiger partial charge < -0.3 is 15.8 Å². The van der Waals surface area contributed by atoms with Crippen LogP contribution in [0, 0.1) is 0 Å². The molecular weight excluding hydrogens is 328 g/mol. The van der Waals surface area contributed by atoms with Gasteiger partial charge in [0.05, 0.1) is 0 Å². The first kappa shape index (κ1) is 18.0. The van der Waals surface area contributed by atoms with E-state index in [1.54, 1.807) is 0 Å². The van der Waals surface area contributed by atoms with Crippen LogP contribution in [0.3, 0.4) is 0 Å². The van der Waals surface area contributed by atoms with Crippen molar-refractivity contribution in [3.05, 3.63) is 46.6 Å². The fourth-order valence-corrected chi connectivity index (χ4v) is 2.20. The Morgan fingerprint density at radius 2 is 1.96 bits per heavy atom. The van der Waals surface area contributed by atoms with Crippen LogP contribution in [0.4, 0.5) is 5.95 Å². The number of ether oxygens (including phenoxy) is 1. The van der Waals surface area contributed by atoms with Crippen LogP contribution in [0.1, 0.15) is 37.3 Å². The molecule has 0 spiro atoms. The van der Waals surface area contributed by atoms with Gasteiger partial charge in [-0.05, 0) is 17.5 Å². The van der Waals surface area contributed by atoms with Crippen LogP contribution in [0.15, 0.2) is 30.3 Å². The number of nitrogens with two attached hydrogens (primary N) is 1. The average molecular weight is 349 g/mol. The van der Waals surface area contributed by atoms with Crippen LogP contribution in [-0.4, -0.2) is 15.9 Å². The first-order valence-electron chi connectivity index (χ1n) is 7.84. The van der Waals surface area contributed by atoms with Gasteiger partial charge in [0.25, 0.3) is 0 Å². The standard InChI is InChI=1S/C17H21ClN4O2/c1-2-3-4-15(23)20-10-12-5-7-13(8-6-12)11-24-16-9-14(18)21-17(19)22-16/h5-9H,2-4,10-11H2,1H3,(H,20,23)(H2,19,21,22). The fraction of sp³-hybridized carbons (Fsp3) is 0.353. The molecular formula is C17H21ClN4O2.